The van der Waals surface area contributed by atoms with E-state index in [2.05, 4.69) is 9.97 Å². The zero-order valence-electron chi connectivity index (χ0n) is 11.7. The minimum Gasteiger partial charge on any atom is -0.399 e. The van der Waals surface area contributed by atoms with Gasteiger partial charge in [0.2, 0.25) is 0 Å². The minimum absolute atomic E-state index is 0.520. The average molecular weight is 299 g/mol. The standard InChI is InChI=1S/C16H17N3OS/c1-16(20,11-5-3-2-4-6-11)10-21-15-18-13-8-7-12(17)9-14(13)19-15/h2-9,20H,10,17H2,1H3,(H,18,19). The van der Waals surface area contributed by atoms with Crippen LogP contribution in [-0.4, -0.2) is 20.8 Å². The third kappa shape index (κ3) is 3.04. The quantitative estimate of drug-likeness (QED) is 0.511. The van der Waals surface area contributed by atoms with Gasteiger partial charge in [0.25, 0.3) is 0 Å². The van der Waals surface area contributed by atoms with Crippen molar-refractivity contribution in [3.05, 3.63) is 54.1 Å². The number of nitrogens with one attached hydrogen (secondary N) is 1. The third-order valence-corrected chi connectivity index (χ3v) is 4.54. The van der Waals surface area contributed by atoms with Crippen LogP contribution in [-0.2, 0) is 5.60 Å². The average Bonchev–Trinajstić information content (AvgIpc) is 2.88. The second-order valence-electron chi connectivity index (χ2n) is 5.25. The predicted octanol–water partition coefficient (Wildman–Crippen LogP) is 3.14. The van der Waals surface area contributed by atoms with E-state index in [-0.39, 0.29) is 0 Å². The fourth-order valence-electron chi connectivity index (χ4n) is 2.16. The number of hydrogen-bond acceptors (Lipinski definition) is 4. The van der Waals surface area contributed by atoms with Crippen molar-refractivity contribution in [1.82, 2.24) is 9.97 Å². The molecule has 2 aromatic carbocycles. The summed E-state index contributed by atoms with van der Waals surface area (Å²) < 4.78 is 0. The Labute approximate surface area is 127 Å². The van der Waals surface area contributed by atoms with Gasteiger partial charge < -0.3 is 15.8 Å². The number of fused-ring (bicyclic) bond motifs is 1. The Bertz CT molecular complexity index is 753. The van der Waals surface area contributed by atoms with Gasteiger partial charge in [0.15, 0.2) is 5.16 Å². The molecule has 1 aromatic heterocycles. The normalized spacial score (nSPS) is 14.2. The first-order valence-corrected chi connectivity index (χ1v) is 7.69. The summed E-state index contributed by atoms with van der Waals surface area (Å²) >= 11 is 1.50. The first kappa shape index (κ1) is 14.0. The van der Waals surface area contributed by atoms with E-state index in [1.807, 2.05) is 55.5 Å². The SMILES string of the molecule is CC(O)(CSc1nc2ccc(N)cc2[nH]1)c1ccccc1. The van der Waals surface area contributed by atoms with Crippen LogP contribution in [0.4, 0.5) is 5.69 Å². The molecule has 0 bridgehead atoms. The van der Waals surface area contributed by atoms with Gasteiger partial charge in [-0.15, -0.1) is 0 Å². The van der Waals surface area contributed by atoms with Crippen molar-refractivity contribution in [1.29, 1.82) is 0 Å². The Kier molecular flexibility index (Phi) is 3.61. The molecule has 1 heterocycles. The van der Waals surface area contributed by atoms with Gasteiger partial charge in [0, 0.05) is 11.4 Å². The van der Waals surface area contributed by atoms with Gasteiger partial charge in [0.1, 0.15) is 0 Å². The van der Waals surface area contributed by atoms with Gasteiger partial charge in [-0.2, -0.15) is 0 Å². The zero-order chi connectivity index (χ0) is 14.9. The summed E-state index contributed by atoms with van der Waals surface area (Å²) in [6, 6.07) is 15.2. The second-order valence-corrected chi connectivity index (χ2v) is 6.21. The maximum Gasteiger partial charge on any atom is 0.166 e. The van der Waals surface area contributed by atoms with Crippen LogP contribution in [0.3, 0.4) is 0 Å². The molecule has 0 fully saturated rings. The van der Waals surface area contributed by atoms with Crippen LogP contribution < -0.4 is 5.73 Å². The number of aromatic nitrogens is 2. The van der Waals surface area contributed by atoms with E-state index >= 15 is 0 Å². The van der Waals surface area contributed by atoms with Crippen molar-refractivity contribution in [2.24, 2.45) is 0 Å². The molecule has 21 heavy (non-hydrogen) atoms. The first-order valence-electron chi connectivity index (χ1n) is 6.70. The summed E-state index contributed by atoms with van der Waals surface area (Å²) in [7, 11) is 0. The fraction of sp³-hybridized carbons (Fsp3) is 0.188. The Balaban J connectivity index is 1.77. The Morgan fingerprint density at radius 2 is 2.00 bits per heavy atom. The molecule has 0 saturated carbocycles. The van der Waals surface area contributed by atoms with Crippen LogP contribution in [0, 0.1) is 0 Å². The van der Waals surface area contributed by atoms with Gasteiger partial charge in [-0.3, -0.25) is 0 Å². The second kappa shape index (κ2) is 5.42. The van der Waals surface area contributed by atoms with E-state index in [9.17, 15) is 5.11 Å². The van der Waals surface area contributed by atoms with Gasteiger partial charge in [-0.1, -0.05) is 42.1 Å². The number of rotatable bonds is 4. The molecule has 0 radical (unpaired) electrons. The van der Waals surface area contributed by atoms with Gasteiger partial charge in [-0.25, -0.2) is 4.98 Å². The zero-order valence-corrected chi connectivity index (χ0v) is 12.5. The summed E-state index contributed by atoms with van der Waals surface area (Å²) in [5.74, 6) is 0.520. The molecular weight excluding hydrogens is 282 g/mol. The molecule has 3 aromatic rings. The number of thioether (sulfide) groups is 1. The van der Waals surface area contributed by atoms with E-state index in [1.165, 1.54) is 11.8 Å². The number of benzene rings is 2. The highest BCUT2D eigenvalue weighted by atomic mass is 32.2. The number of nitrogens with two attached hydrogens (primary N) is 1. The third-order valence-electron chi connectivity index (χ3n) is 3.37. The monoisotopic (exact) mass is 299 g/mol. The van der Waals surface area contributed by atoms with E-state index < -0.39 is 5.60 Å². The number of imidazole rings is 1. The Morgan fingerprint density at radius 3 is 2.76 bits per heavy atom. The minimum atomic E-state index is -0.899. The molecule has 4 nitrogen and oxygen atoms in total. The van der Waals surface area contributed by atoms with Gasteiger partial charge >= 0.3 is 0 Å². The largest absolute Gasteiger partial charge is 0.399 e. The van der Waals surface area contributed by atoms with Crippen LogP contribution >= 0.6 is 11.8 Å². The lowest BCUT2D eigenvalue weighted by Crippen LogP contribution is -2.24. The highest BCUT2D eigenvalue weighted by Crippen LogP contribution is 2.29. The maximum absolute atomic E-state index is 10.6. The van der Waals surface area contributed by atoms with Crippen LogP contribution in [0.5, 0.6) is 0 Å². The van der Waals surface area contributed by atoms with Crippen molar-refractivity contribution < 1.29 is 5.11 Å². The van der Waals surface area contributed by atoms with Crippen LogP contribution in [0.25, 0.3) is 11.0 Å². The molecule has 0 aliphatic heterocycles. The maximum atomic E-state index is 10.6. The van der Waals surface area contributed by atoms with Crippen molar-refractivity contribution in [2.75, 3.05) is 11.5 Å². The number of anilines is 1. The summed E-state index contributed by atoms with van der Waals surface area (Å²) in [6.45, 7) is 1.82. The van der Waals surface area contributed by atoms with Crippen LogP contribution in [0.2, 0.25) is 0 Å². The Hall–Kier alpha value is -1.98. The van der Waals surface area contributed by atoms with E-state index in [4.69, 9.17) is 5.73 Å². The molecule has 4 N–H and O–H groups in total. The lowest BCUT2D eigenvalue weighted by molar-refractivity contribution is 0.0839. The van der Waals surface area contributed by atoms with Crippen molar-refractivity contribution in [2.45, 2.75) is 17.7 Å². The molecule has 0 aliphatic carbocycles. The molecular formula is C16H17N3OS. The summed E-state index contributed by atoms with van der Waals surface area (Å²) in [5.41, 5.74) is 8.26. The topological polar surface area (TPSA) is 74.9 Å². The van der Waals surface area contributed by atoms with E-state index in [0.717, 1.165) is 21.8 Å². The number of nitrogens with zero attached hydrogens (tertiary/aromatic N) is 1. The molecule has 3 rings (SSSR count). The van der Waals surface area contributed by atoms with Crippen LogP contribution in [0.15, 0.2) is 53.7 Å². The van der Waals surface area contributed by atoms with E-state index in [0.29, 0.717) is 11.4 Å². The number of hydrogen-bond donors (Lipinski definition) is 3. The number of H-pyrrole nitrogens is 1. The number of aliphatic hydroxyl groups is 1. The molecule has 1 atom stereocenters. The fourth-order valence-corrected chi connectivity index (χ4v) is 3.09. The smallest absolute Gasteiger partial charge is 0.166 e. The molecule has 5 heteroatoms. The molecule has 0 aliphatic rings. The van der Waals surface area contributed by atoms with Crippen molar-refractivity contribution >= 4 is 28.5 Å². The summed E-state index contributed by atoms with van der Waals surface area (Å²) in [4.78, 5) is 7.71. The molecule has 0 amide bonds. The molecule has 1 unspecified atom stereocenters. The lowest BCUT2D eigenvalue weighted by Gasteiger charge is -2.22. The highest BCUT2D eigenvalue weighted by molar-refractivity contribution is 7.99. The highest BCUT2D eigenvalue weighted by Gasteiger charge is 2.23. The van der Waals surface area contributed by atoms with Gasteiger partial charge in [-0.05, 0) is 30.7 Å². The Morgan fingerprint density at radius 1 is 1.24 bits per heavy atom. The summed E-state index contributed by atoms with van der Waals surface area (Å²) in [6.07, 6.45) is 0. The van der Waals surface area contributed by atoms with Crippen LogP contribution in [0.1, 0.15) is 12.5 Å². The van der Waals surface area contributed by atoms with E-state index in [1.54, 1.807) is 0 Å². The lowest BCUT2D eigenvalue weighted by atomic mass is 9.99. The predicted molar refractivity (Wildman–Crippen MR) is 87.2 cm³/mol. The molecule has 108 valence electrons. The summed E-state index contributed by atoms with van der Waals surface area (Å²) in [5, 5.41) is 11.4. The number of aromatic amines is 1. The van der Waals surface area contributed by atoms with Crippen molar-refractivity contribution in [3.63, 3.8) is 0 Å². The molecule has 0 spiro atoms. The molecule has 0 saturated heterocycles. The first-order chi connectivity index (χ1) is 10.0. The van der Waals surface area contributed by atoms with Crippen molar-refractivity contribution in [3.8, 4) is 0 Å². The number of nitrogen functional groups attached to an aromatic ring is 1. The van der Waals surface area contributed by atoms with Gasteiger partial charge in [0.05, 0.1) is 16.6 Å².